The van der Waals surface area contributed by atoms with Crippen LogP contribution in [0.15, 0.2) is 0 Å². The molecule has 0 spiro atoms. The third-order valence-corrected chi connectivity index (χ3v) is 2.83. The predicted molar refractivity (Wildman–Crippen MR) is 57.5 cm³/mol. The van der Waals surface area contributed by atoms with E-state index < -0.39 is 12.6 Å². The highest BCUT2D eigenvalue weighted by atomic mass is 16.7. The molecule has 0 aliphatic heterocycles. The number of rotatable bonds is 5. The van der Waals surface area contributed by atoms with Crippen molar-refractivity contribution in [2.75, 3.05) is 6.61 Å². The summed E-state index contributed by atoms with van der Waals surface area (Å²) in [5.74, 6) is -0.876. The molecule has 92 valence electrons. The van der Waals surface area contributed by atoms with Gasteiger partial charge in [-0.25, -0.2) is 10.3 Å². The first kappa shape index (κ1) is 13.0. The van der Waals surface area contributed by atoms with E-state index in [9.17, 15) is 9.59 Å². The Balaban J connectivity index is 2.14. The van der Waals surface area contributed by atoms with Gasteiger partial charge < -0.3 is 5.11 Å². The minimum Gasteiger partial charge on any atom is -0.479 e. The third kappa shape index (κ3) is 5.70. The summed E-state index contributed by atoms with van der Waals surface area (Å²) >= 11 is 0. The summed E-state index contributed by atoms with van der Waals surface area (Å²) in [6.07, 6.45) is 7.52. The average molecular weight is 229 g/mol. The molecular formula is C11H19NO4. The van der Waals surface area contributed by atoms with Gasteiger partial charge in [-0.3, -0.25) is 9.63 Å². The Morgan fingerprint density at radius 1 is 1.19 bits per heavy atom. The molecule has 0 unspecified atom stereocenters. The molecule has 0 saturated heterocycles. The quantitative estimate of drug-likeness (QED) is 0.553. The fourth-order valence-corrected chi connectivity index (χ4v) is 2.05. The van der Waals surface area contributed by atoms with Crippen molar-refractivity contribution in [1.29, 1.82) is 0 Å². The number of hydrogen-bond donors (Lipinski definition) is 2. The van der Waals surface area contributed by atoms with Gasteiger partial charge in [0.2, 0.25) is 5.91 Å². The molecule has 0 radical (unpaired) electrons. The molecule has 1 aliphatic rings. The predicted octanol–water partition coefficient (Wildman–Crippen LogP) is 1.48. The van der Waals surface area contributed by atoms with Crippen molar-refractivity contribution in [1.82, 2.24) is 5.48 Å². The third-order valence-electron chi connectivity index (χ3n) is 2.83. The Bertz CT molecular complexity index is 234. The van der Waals surface area contributed by atoms with Crippen molar-refractivity contribution < 1.29 is 19.5 Å². The standard InChI is InChI=1S/C11H19NO4/c13-10(12-16-8-11(14)15)7-9-5-3-1-2-4-6-9/h9H,1-8H2,(H,12,13)(H,14,15). The lowest BCUT2D eigenvalue weighted by Gasteiger charge is -2.12. The lowest BCUT2D eigenvalue weighted by atomic mass is 9.96. The van der Waals surface area contributed by atoms with E-state index in [1.807, 2.05) is 0 Å². The van der Waals surface area contributed by atoms with Crippen molar-refractivity contribution in [2.45, 2.75) is 44.9 Å². The second-order valence-corrected chi connectivity index (χ2v) is 4.27. The number of hydrogen-bond acceptors (Lipinski definition) is 3. The Kier molecular flexibility index (Phi) is 5.85. The Labute approximate surface area is 95.1 Å². The summed E-state index contributed by atoms with van der Waals surface area (Å²) in [4.78, 5) is 26.0. The molecule has 0 heterocycles. The van der Waals surface area contributed by atoms with Crippen LogP contribution in [0.3, 0.4) is 0 Å². The Hall–Kier alpha value is -1.10. The van der Waals surface area contributed by atoms with Crippen LogP contribution >= 0.6 is 0 Å². The molecule has 16 heavy (non-hydrogen) atoms. The largest absolute Gasteiger partial charge is 0.479 e. The Morgan fingerprint density at radius 3 is 2.38 bits per heavy atom. The van der Waals surface area contributed by atoms with Gasteiger partial charge >= 0.3 is 5.97 Å². The van der Waals surface area contributed by atoms with E-state index in [1.54, 1.807) is 0 Å². The van der Waals surface area contributed by atoms with Gasteiger partial charge in [0.25, 0.3) is 0 Å². The van der Waals surface area contributed by atoms with E-state index in [1.165, 1.54) is 25.7 Å². The average Bonchev–Trinajstić information content (AvgIpc) is 2.45. The van der Waals surface area contributed by atoms with E-state index in [0.717, 1.165) is 12.8 Å². The lowest BCUT2D eigenvalue weighted by molar-refractivity contribution is -0.149. The molecule has 0 bridgehead atoms. The number of nitrogens with one attached hydrogen (secondary N) is 1. The normalized spacial score (nSPS) is 17.8. The summed E-state index contributed by atoms with van der Waals surface area (Å²) in [6.45, 7) is -0.490. The zero-order chi connectivity index (χ0) is 11.8. The Morgan fingerprint density at radius 2 is 1.81 bits per heavy atom. The van der Waals surface area contributed by atoms with Crippen molar-refractivity contribution in [2.24, 2.45) is 5.92 Å². The summed E-state index contributed by atoms with van der Waals surface area (Å²) in [7, 11) is 0. The van der Waals surface area contributed by atoms with Crippen molar-refractivity contribution in [3.63, 3.8) is 0 Å². The smallest absolute Gasteiger partial charge is 0.332 e. The van der Waals surface area contributed by atoms with Gasteiger partial charge in [-0.05, 0) is 18.8 Å². The van der Waals surface area contributed by atoms with E-state index in [4.69, 9.17) is 5.11 Å². The van der Waals surface area contributed by atoms with E-state index in [-0.39, 0.29) is 5.91 Å². The summed E-state index contributed by atoms with van der Waals surface area (Å²) in [5.41, 5.74) is 2.16. The second-order valence-electron chi connectivity index (χ2n) is 4.27. The molecule has 1 fully saturated rings. The highest BCUT2D eigenvalue weighted by Gasteiger charge is 2.16. The van der Waals surface area contributed by atoms with Crippen molar-refractivity contribution in [3.8, 4) is 0 Å². The van der Waals surface area contributed by atoms with Gasteiger partial charge in [-0.2, -0.15) is 0 Å². The first-order chi connectivity index (χ1) is 7.68. The minimum absolute atomic E-state index is 0.215. The number of carbonyl (C=O) groups excluding carboxylic acids is 1. The minimum atomic E-state index is -1.09. The maximum Gasteiger partial charge on any atom is 0.332 e. The van der Waals surface area contributed by atoms with Gasteiger partial charge in [0.15, 0.2) is 6.61 Å². The van der Waals surface area contributed by atoms with Crippen LogP contribution in [0.4, 0.5) is 0 Å². The molecule has 0 aromatic rings. The molecule has 5 nitrogen and oxygen atoms in total. The zero-order valence-corrected chi connectivity index (χ0v) is 9.41. The number of aliphatic carboxylic acids is 1. The van der Waals surface area contributed by atoms with Gasteiger partial charge in [-0.15, -0.1) is 0 Å². The van der Waals surface area contributed by atoms with Crippen LogP contribution in [0.2, 0.25) is 0 Å². The van der Waals surface area contributed by atoms with Crippen LogP contribution in [-0.2, 0) is 14.4 Å². The maximum absolute atomic E-state index is 11.4. The van der Waals surface area contributed by atoms with Gasteiger partial charge in [0.1, 0.15) is 0 Å². The van der Waals surface area contributed by atoms with Crippen LogP contribution in [0.25, 0.3) is 0 Å². The molecule has 1 saturated carbocycles. The molecule has 2 N–H and O–H groups in total. The van der Waals surface area contributed by atoms with Gasteiger partial charge in [-0.1, -0.05) is 25.7 Å². The number of carboxylic acids is 1. The van der Waals surface area contributed by atoms with Crippen LogP contribution < -0.4 is 5.48 Å². The number of amides is 1. The molecule has 0 aromatic carbocycles. The van der Waals surface area contributed by atoms with Crippen molar-refractivity contribution in [3.05, 3.63) is 0 Å². The van der Waals surface area contributed by atoms with Gasteiger partial charge in [0.05, 0.1) is 0 Å². The fourth-order valence-electron chi connectivity index (χ4n) is 2.05. The summed E-state index contributed by atoms with van der Waals surface area (Å²) in [5, 5.41) is 8.31. The monoisotopic (exact) mass is 229 g/mol. The highest BCUT2D eigenvalue weighted by molar-refractivity contribution is 5.75. The summed E-state index contributed by atoms with van der Waals surface area (Å²) in [6, 6.07) is 0. The van der Waals surface area contributed by atoms with Crippen LogP contribution in [0.5, 0.6) is 0 Å². The molecule has 5 heteroatoms. The number of hydroxylamine groups is 1. The first-order valence-corrected chi connectivity index (χ1v) is 5.81. The maximum atomic E-state index is 11.4. The van der Waals surface area contributed by atoms with Gasteiger partial charge in [0, 0.05) is 6.42 Å². The number of carbonyl (C=O) groups is 2. The molecule has 1 amide bonds. The first-order valence-electron chi connectivity index (χ1n) is 5.81. The summed E-state index contributed by atoms with van der Waals surface area (Å²) < 4.78 is 0. The SMILES string of the molecule is O=C(O)CONC(=O)CC1CCCCCC1. The second kappa shape index (κ2) is 7.22. The molecule has 0 atom stereocenters. The van der Waals surface area contributed by atoms with Crippen LogP contribution in [0.1, 0.15) is 44.9 Å². The fraction of sp³-hybridized carbons (Fsp3) is 0.818. The molecule has 0 aromatic heterocycles. The van der Waals surface area contributed by atoms with Crippen LogP contribution in [-0.4, -0.2) is 23.6 Å². The van der Waals surface area contributed by atoms with E-state index in [2.05, 4.69) is 10.3 Å². The lowest BCUT2D eigenvalue weighted by Crippen LogP contribution is -2.28. The van der Waals surface area contributed by atoms with Crippen molar-refractivity contribution >= 4 is 11.9 Å². The van der Waals surface area contributed by atoms with E-state index >= 15 is 0 Å². The zero-order valence-electron chi connectivity index (χ0n) is 9.41. The van der Waals surface area contributed by atoms with Crippen LogP contribution in [0, 0.1) is 5.92 Å². The highest BCUT2D eigenvalue weighted by Crippen LogP contribution is 2.25. The number of carboxylic acid groups (broad SMARTS) is 1. The molecular weight excluding hydrogens is 210 g/mol. The molecule has 1 rings (SSSR count). The van der Waals surface area contributed by atoms with E-state index in [0.29, 0.717) is 12.3 Å². The topological polar surface area (TPSA) is 75.6 Å². The molecule has 1 aliphatic carbocycles.